The van der Waals surface area contributed by atoms with E-state index >= 15 is 0 Å². The van der Waals surface area contributed by atoms with Crippen molar-refractivity contribution < 1.29 is 4.79 Å². The number of anilines is 1. The Morgan fingerprint density at radius 2 is 2.21 bits per heavy atom. The first-order valence-electron chi connectivity index (χ1n) is 6.73. The van der Waals surface area contributed by atoms with Crippen LogP contribution in [0.5, 0.6) is 0 Å². The van der Waals surface area contributed by atoms with Gasteiger partial charge in [-0.05, 0) is 58.8 Å². The molecule has 2 rings (SSSR count). The van der Waals surface area contributed by atoms with Crippen molar-refractivity contribution >= 4 is 27.5 Å². The summed E-state index contributed by atoms with van der Waals surface area (Å²) < 4.78 is 0.768. The van der Waals surface area contributed by atoms with Crippen LogP contribution in [0.4, 0.5) is 5.69 Å². The molecule has 1 aliphatic carbocycles. The SMILES string of the molecule is CC1(C)CCCC(NC(=O)c2ccc(N)c(Br)c2)C1. The van der Waals surface area contributed by atoms with E-state index in [1.165, 1.54) is 12.8 Å². The van der Waals surface area contributed by atoms with Crippen molar-refractivity contribution in [3.05, 3.63) is 28.2 Å². The number of carbonyl (C=O) groups excluding carboxylic acids is 1. The molecule has 1 unspecified atom stereocenters. The molecular weight excluding hydrogens is 304 g/mol. The minimum atomic E-state index is -0.0107. The van der Waals surface area contributed by atoms with Gasteiger partial charge in [0.25, 0.3) is 5.91 Å². The minimum Gasteiger partial charge on any atom is -0.398 e. The maximum atomic E-state index is 12.2. The molecule has 0 radical (unpaired) electrons. The predicted molar refractivity (Wildman–Crippen MR) is 82.1 cm³/mol. The van der Waals surface area contributed by atoms with Gasteiger partial charge in [-0.15, -0.1) is 0 Å². The fourth-order valence-corrected chi connectivity index (χ4v) is 3.14. The van der Waals surface area contributed by atoms with E-state index in [1.807, 2.05) is 0 Å². The molecule has 0 aliphatic heterocycles. The van der Waals surface area contributed by atoms with Crippen LogP contribution in [0.25, 0.3) is 0 Å². The molecule has 1 aromatic carbocycles. The van der Waals surface area contributed by atoms with Gasteiger partial charge in [0, 0.05) is 21.8 Å². The summed E-state index contributed by atoms with van der Waals surface area (Å²) in [5.74, 6) is -0.0107. The highest BCUT2D eigenvalue weighted by molar-refractivity contribution is 9.10. The van der Waals surface area contributed by atoms with Gasteiger partial charge in [-0.1, -0.05) is 20.3 Å². The minimum absolute atomic E-state index is 0.0107. The largest absolute Gasteiger partial charge is 0.398 e. The monoisotopic (exact) mass is 324 g/mol. The molecule has 1 fully saturated rings. The fraction of sp³-hybridized carbons (Fsp3) is 0.533. The molecule has 1 saturated carbocycles. The Balaban J connectivity index is 2.02. The second-order valence-electron chi connectivity index (χ2n) is 6.17. The van der Waals surface area contributed by atoms with E-state index in [1.54, 1.807) is 18.2 Å². The number of carbonyl (C=O) groups is 1. The quantitative estimate of drug-likeness (QED) is 0.814. The van der Waals surface area contributed by atoms with Crippen molar-refractivity contribution in [2.24, 2.45) is 5.41 Å². The van der Waals surface area contributed by atoms with Crippen molar-refractivity contribution in [1.29, 1.82) is 0 Å². The molecule has 0 spiro atoms. The van der Waals surface area contributed by atoms with E-state index in [0.29, 0.717) is 16.7 Å². The van der Waals surface area contributed by atoms with Crippen LogP contribution in [-0.4, -0.2) is 11.9 Å². The molecule has 1 aromatic rings. The zero-order valence-corrected chi connectivity index (χ0v) is 13.1. The molecule has 3 nitrogen and oxygen atoms in total. The third kappa shape index (κ3) is 3.72. The Morgan fingerprint density at radius 3 is 2.84 bits per heavy atom. The Morgan fingerprint density at radius 1 is 1.47 bits per heavy atom. The predicted octanol–water partition coefficient (Wildman–Crippen LogP) is 3.73. The van der Waals surface area contributed by atoms with Gasteiger partial charge in [0.1, 0.15) is 0 Å². The average Bonchev–Trinajstić information content (AvgIpc) is 2.31. The van der Waals surface area contributed by atoms with Crippen LogP contribution in [0.15, 0.2) is 22.7 Å². The number of hydrogen-bond donors (Lipinski definition) is 2. The highest BCUT2D eigenvalue weighted by Crippen LogP contribution is 2.35. The lowest BCUT2D eigenvalue weighted by Gasteiger charge is -2.35. The van der Waals surface area contributed by atoms with Gasteiger partial charge in [-0.2, -0.15) is 0 Å². The van der Waals surface area contributed by atoms with E-state index in [-0.39, 0.29) is 11.9 Å². The molecule has 0 heterocycles. The first-order chi connectivity index (χ1) is 8.87. The fourth-order valence-electron chi connectivity index (χ4n) is 2.76. The molecule has 1 amide bonds. The Bertz CT molecular complexity index is 485. The van der Waals surface area contributed by atoms with Gasteiger partial charge in [-0.25, -0.2) is 0 Å². The average molecular weight is 325 g/mol. The van der Waals surface area contributed by atoms with Crippen molar-refractivity contribution in [3.63, 3.8) is 0 Å². The molecular formula is C15H21BrN2O. The summed E-state index contributed by atoms with van der Waals surface area (Å²) in [6, 6.07) is 5.58. The molecule has 0 bridgehead atoms. The lowest BCUT2D eigenvalue weighted by molar-refractivity contribution is 0.0902. The number of nitrogen functional groups attached to an aromatic ring is 1. The molecule has 4 heteroatoms. The highest BCUT2D eigenvalue weighted by atomic mass is 79.9. The standard InChI is InChI=1S/C15H21BrN2O/c1-15(2)7-3-4-11(9-15)18-14(19)10-5-6-13(17)12(16)8-10/h5-6,8,11H,3-4,7,9,17H2,1-2H3,(H,18,19). The maximum Gasteiger partial charge on any atom is 0.251 e. The second-order valence-corrected chi connectivity index (χ2v) is 7.02. The molecule has 0 saturated heterocycles. The van der Waals surface area contributed by atoms with Gasteiger partial charge in [0.2, 0.25) is 0 Å². The van der Waals surface area contributed by atoms with E-state index < -0.39 is 0 Å². The van der Waals surface area contributed by atoms with E-state index in [0.717, 1.165) is 17.3 Å². The van der Waals surface area contributed by atoms with Crippen molar-refractivity contribution in [2.75, 3.05) is 5.73 Å². The van der Waals surface area contributed by atoms with Gasteiger partial charge in [-0.3, -0.25) is 4.79 Å². The van der Waals surface area contributed by atoms with Crippen molar-refractivity contribution in [1.82, 2.24) is 5.32 Å². The summed E-state index contributed by atoms with van der Waals surface area (Å²) in [6.45, 7) is 4.54. The van der Waals surface area contributed by atoms with E-state index in [2.05, 4.69) is 35.1 Å². The number of rotatable bonds is 2. The Kier molecular flexibility index (Phi) is 4.19. The lowest BCUT2D eigenvalue weighted by atomic mass is 9.75. The number of hydrogen-bond acceptors (Lipinski definition) is 2. The molecule has 1 atom stereocenters. The molecule has 0 aromatic heterocycles. The van der Waals surface area contributed by atoms with Crippen molar-refractivity contribution in [2.45, 2.75) is 45.6 Å². The van der Waals surface area contributed by atoms with Gasteiger partial charge >= 0.3 is 0 Å². The third-order valence-corrected chi connectivity index (χ3v) is 4.49. The highest BCUT2D eigenvalue weighted by Gasteiger charge is 2.28. The van der Waals surface area contributed by atoms with Gasteiger partial charge in [0.05, 0.1) is 0 Å². The van der Waals surface area contributed by atoms with Crippen LogP contribution >= 0.6 is 15.9 Å². The summed E-state index contributed by atoms with van der Waals surface area (Å²) in [4.78, 5) is 12.2. The van der Waals surface area contributed by atoms with Crippen LogP contribution < -0.4 is 11.1 Å². The van der Waals surface area contributed by atoms with Crippen LogP contribution in [0.1, 0.15) is 49.9 Å². The number of halogens is 1. The Labute approximate surface area is 123 Å². The molecule has 19 heavy (non-hydrogen) atoms. The van der Waals surface area contributed by atoms with E-state index in [4.69, 9.17) is 5.73 Å². The lowest BCUT2D eigenvalue weighted by Crippen LogP contribution is -2.40. The topological polar surface area (TPSA) is 55.1 Å². The smallest absolute Gasteiger partial charge is 0.251 e. The molecule has 1 aliphatic rings. The summed E-state index contributed by atoms with van der Waals surface area (Å²) >= 11 is 3.35. The zero-order valence-electron chi connectivity index (χ0n) is 11.5. The number of benzene rings is 1. The second kappa shape index (κ2) is 5.53. The van der Waals surface area contributed by atoms with Gasteiger partial charge < -0.3 is 11.1 Å². The molecule has 104 valence electrons. The first kappa shape index (κ1) is 14.4. The zero-order chi connectivity index (χ0) is 14.0. The van der Waals surface area contributed by atoms with Gasteiger partial charge in [0.15, 0.2) is 0 Å². The Hall–Kier alpha value is -1.03. The number of nitrogens with one attached hydrogen (secondary N) is 1. The maximum absolute atomic E-state index is 12.2. The summed E-state index contributed by atoms with van der Waals surface area (Å²) in [5, 5.41) is 3.14. The van der Waals surface area contributed by atoms with Crippen LogP contribution in [-0.2, 0) is 0 Å². The van der Waals surface area contributed by atoms with E-state index in [9.17, 15) is 4.79 Å². The number of nitrogens with two attached hydrogens (primary N) is 1. The van der Waals surface area contributed by atoms with Crippen LogP contribution in [0.3, 0.4) is 0 Å². The summed E-state index contributed by atoms with van der Waals surface area (Å²) in [6.07, 6.45) is 4.55. The summed E-state index contributed by atoms with van der Waals surface area (Å²) in [7, 11) is 0. The first-order valence-corrected chi connectivity index (χ1v) is 7.53. The van der Waals surface area contributed by atoms with Crippen molar-refractivity contribution in [3.8, 4) is 0 Å². The number of amides is 1. The normalized spacial score (nSPS) is 21.9. The third-order valence-electron chi connectivity index (χ3n) is 3.80. The molecule has 3 N–H and O–H groups in total. The van der Waals surface area contributed by atoms with Crippen LogP contribution in [0, 0.1) is 5.41 Å². The van der Waals surface area contributed by atoms with Crippen LogP contribution in [0.2, 0.25) is 0 Å². The summed E-state index contributed by atoms with van der Waals surface area (Å²) in [5.41, 5.74) is 7.37.